The van der Waals surface area contributed by atoms with Crippen LogP contribution in [0.1, 0.15) is 21.6 Å². The standard InChI is InChI=1S/C23H21ClN2OS/c24-19-8-4-7-18(15-19)9-12-25-23(27)21-16-22-20(11-14-28-22)26(21)13-10-17-5-2-1-3-6-17/h1-8,11,14-16H,9-10,12-13H2,(H,25,27). The zero-order chi connectivity index (χ0) is 19.3. The third-order valence-electron chi connectivity index (χ3n) is 4.81. The normalized spacial score (nSPS) is 11.0. The molecule has 0 aliphatic rings. The molecule has 0 saturated heterocycles. The quantitative estimate of drug-likeness (QED) is 0.426. The van der Waals surface area contributed by atoms with E-state index in [9.17, 15) is 4.79 Å². The number of aromatic nitrogens is 1. The lowest BCUT2D eigenvalue weighted by Crippen LogP contribution is -2.28. The molecule has 0 unspecified atom stereocenters. The van der Waals surface area contributed by atoms with Crippen LogP contribution in [-0.2, 0) is 19.4 Å². The number of nitrogens with one attached hydrogen (secondary N) is 1. The van der Waals surface area contributed by atoms with Gasteiger partial charge >= 0.3 is 0 Å². The summed E-state index contributed by atoms with van der Waals surface area (Å²) < 4.78 is 3.28. The summed E-state index contributed by atoms with van der Waals surface area (Å²) in [5, 5.41) is 5.85. The van der Waals surface area contributed by atoms with Crippen LogP contribution in [0.15, 0.2) is 72.1 Å². The lowest BCUT2D eigenvalue weighted by molar-refractivity contribution is 0.0945. The highest BCUT2D eigenvalue weighted by molar-refractivity contribution is 7.17. The van der Waals surface area contributed by atoms with Crippen molar-refractivity contribution in [3.8, 4) is 0 Å². The summed E-state index contributed by atoms with van der Waals surface area (Å²) in [6, 6.07) is 22.2. The SMILES string of the molecule is O=C(NCCc1cccc(Cl)c1)c1cc2sccc2n1CCc1ccccc1. The summed E-state index contributed by atoms with van der Waals surface area (Å²) in [4.78, 5) is 12.8. The second kappa shape index (κ2) is 8.63. The number of hydrogen-bond acceptors (Lipinski definition) is 2. The molecule has 0 aliphatic heterocycles. The Hall–Kier alpha value is -2.56. The van der Waals surface area contributed by atoms with Crippen LogP contribution < -0.4 is 5.32 Å². The molecular weight excluding hydrogens is 388 g/mol. The third kappa shape index (κ3) is 4.29. The molecule has 3 nitrogen and oxygen atoms in total. The second-order valence-corrected chi connectivity index (χ2v) is 8.11. The average molecular weight is 409 g/mol. The monoisotopic (exact) mass is 408 g/mol. The maximum Gasteiger partial charge on any atom is 0.267 e. The maximum atomic E-state index is 12.8. The van der Waals surface area contributed by atoms with Crippen LogP contribution in [0.25, 0.3) is 10.2 Å². The summed E-state index contributed by atoms with van der Waals surface area (Å²) in [6.07, 6.45) is 1.65. The van der Waals surface area contributed by atoms with Gasteiger partial charge in [0, 0.05) is 18.1 Å². The van der Waals surface area contributed by atoms with Crippen molar-refractivity contribution in [2.45, 2.75) is 19.4 Å². The predicted molar refractivity (Wildman–Crippen MR) is 117 cm³/mol. The molecule has 28 heavy (non-hydrogen) atoms. The predicted octanol–water partition coefficient (Wildman–Crippen LogP) is 5.57. The number of amides is 1. The van der Waals surface area contributed by atoms with Crippen molar-refractivity contribution in [2.75, 3.05) is 6.54 Å². The Balaban J connectivity index is 1.46. The molecule has 0 spiro atoms. The second-order valence-electron chi connectivity index (χ2n) is 6.72. The van der Waals surface area contributed by atoms with E-state index in [1.54, 1.807) is 11.3 Å². The molecule has 1 amide bonds. The zero-order valence-corrected chi connectivity index (χ0v) is 17.0. The van der Waals surface area contributed by atoms with Gasteiger partial charge in [0.2, 0.25) is 0 Å². The molecule has 0 aliphatic carbocycles. The van der Waals surface area contributed by atoms with Gasteiger partial charge in [-0.2, -0.15) is 0 Å². The fourth-order valence-corrected chi connectivity index (χ4v) is 4.43. The number of aryl methyl sites for hydroxylation is 2. The summed E-state index contributed by atoms with van der Waals surface area (Å²) in [6.45, 7) is 1.36. The number of halogens is 1. The lowest BCUT2D eigenvalue weighted by Gasteiger charge is -2.11. The van der Waals surface area contributed by atoms with Crippen molar-refractivity contribution >= 4 is 39.1 Å². The minimum Gasteiger partial charge on any atom is -0.350 e. The maximum absolute atomic E-state index is 12.8. The van der Waals surface area contributed by atoms with Gasteiger partial charge in [-0.3, -0.25) is 4.79 Å². The number of fused-ring (bicyclic) bond motifs is 1. The molecule has 1 N–H and O–H groups in total. The Labute approximate surface area is 173 Å². The van der Waals surface area contributed by atoms with Crippen LogP contribution in [0, 0.1) is 0 Å². The first-order valence-electron chi connectivity index (χ1n) is 9.34. The van der Waals surface area contributed by atoms with E-state index in [2.05, 4.69) is 45.6 Å². The van der Waals surface area contributed by atoms with Crippen molar-refractivity contribution < 1.29 is 4.79 Å². The first-order chi connectivity index (χ1) is 13.7. The van der Waals surface area contributed by atoms with Crippen molar-refractivity contribution in [3.63, 3.8) is 0 Å². The molecule has 0 bridgehead atoms. The number of benzene rings is 2. The molecular formula is C23H21ClN2OS. The highest BCUT2D eigenvalue weighted by Crippen LogP contribution is 2.26. The van der Waals surface area contributed by atoms with Gasteiger partial charge in [-0.05, 0) is 53.6 Å². The van der Waals surface area contributed by atoms with Crippen molar-refractivity contribution in [1.82, 2.24) is 9.88 Å². The van der Waals surface area contributed by atoms with Crippen LogP contribution in [0.4, 0.5) is 0 Å². The van der Waals surface area contributed by atoms with Gasteiger partial charge in [-0.15, -0.1) is 11.3 Å². The minimum atomic E-state index is -0.0292. The van der Waals surface area contributed by atoms with Crippen LogP contribution in [0.5, 0.6) is 0 Å². The van der Waals surface area contributed by atoms with Crippen LogP contribution in [-0.4, -0.2) is 17.0 Å². The minimum absolute atomic E-state index is 0.0292. The van der Waals surface area contributed by atoms with Crippen LogP contribution >= 0.6 is 22.9 Å². The molecule has 4 aromatic rings. The van der Waals surface area contributed by atoms with Gasteiger partial charge in [-0.1, -0.05) is 54.1 Å². The molecule has 2 heterocycles. The smallest absolute Gasteiger partial charge is 0.267 e. The number of carbonyl (C=O) groups is 1. The first kappa shape index (κ1) is 18.8. The molecule has 5 heteroatoms. The van der Waals surface area contributed by atoms with Crippen molar-refractivity contribution in [3.05, 3.63) is 94.0 Å². The Morgan fingerprint density at radius 1 is 0.964 bits per heavy atom. The van der Waals surface area contributed by atoms with Gasteiger partial charge in [0.25, 0.3) is 5.91 Å². The number of carbonyl (C=O) groups excluding carboxylic acids is 1. The van der Waals surface area contributed by atoms with E-state index in [1.807, 2.05) is 36.4 Å². The first-order valence-corrected chi connectivity index (χ1v) is 10.6. The summed E-state index contributed by atoms with van der Waals surface area (Å²) in [5.74, 6) is -0.0292. The van der Waals surface area contributed by atoms with Gasteiger partial charge < -0.3 is 9.88 Å². The van der Waals surface area contributed by atoms with E-state index in [4.69, 9.17) is 11.6 Å². The highest BCUT2D eigenvalue weighted by Gasteiger charge is 2.16. The highest BCUT2D eigenvalue weighted by atomic mass is 35.5. The molecule has 0 saturated carbocycles. The van der Waals surface area contributed by atoms with Crippen molar-refractivity contribution in [2.24, 2.45) is 0 Å². The summed E-state index contributed by atoms with van der Waals surface area (Å²) in [7, 11) is 0. The molecule has 0 fully saturated rings. The molecule has 0 radical (unpaired) electrons. The van der Waals surface area contributed by atoms with E-state index in [1.165, 1.54) is 5.56 Å². The van der Waals surface area contributed by atoms with E-state index in [-0.39, 0.29) is 5.91 Å². The van der Waals surface area contributed by atoms with Gasteiger partial charge in [0.05, 0.1) is 10.2 Å². The third-order valence-corrected chi connectivity index (χ3v) is 5.90. The fourth-order valence-electron chi connectivity index (χ4n) is 3.40. The number of hydrogen-bond donors (Lipinski definition) is 1. The van der Waals surface area contributed by atoms with E-state index in [0.29, 0.717) is 6.54 Å². The van der Waals surface area contributed by atoms with Gasteiger partial charge in [0.1, 0.15) is 5.69 Å². The van der Waals surface area contributed by atoms with Gasteiger partial charge in [-0.25, -0.2) is 0 Å². The van der Waals surface area contributed by atoms with Crippen molar-refractivity contribution in [1.29, 1.82) is 0 Å². The Morgan fingerprint density at radius 2 is 1.79 bits per heavy atom. The molecule has 4 rings (SSSR count). The number of nitrogens with zero attached hydrogens (tertiary/aromatic N) is 1. The molecule has 2 aromatic heterocycles. The molecule has 142 valence electrons. The average Bonchev–Trinajstić information content (AvgIpc) is 3.29. The zero-order valence-electron chi connectivity index (χ0n) is 15.4. The number of thiophene rings is 1. The molecule has 2 aromatic carbocycles. The lowest BCUT2D eigenvalue weighted by atomic mass is 10.1. The topological polar surface area (TPSA) is 34.0 Å². The van der Waals surface area contributed by atoms with E-state index < -0.39 is 0 Å². The Kier molecular flexibility index (Phi) is 5.79. The Morgan fingerprint density at radius 3 is 2.61 bits per heavy atom. The molecule has 0 atom stereocenters. The van der Waals surface area contributed by atoms with Crippen LogP contribution in [0.2, 0.25) is 5.02 Å². The van der Waals surface area contributed by atoms with E-state index in [0.717, 1.165) is 45.9 Å². The number of rotatable bonds is 7. The summed E-state index contributed by atoms with van der Waals surface area (Å²) >= 11 is 7.70. The fraction of sp³-hybridized carbons (Fsp3) is 0.174. The van der Waals surface area contributed by atoms with Gasteiger partial charge in [0.15, 0.2) is 0 Å². The van der Waals surface area contributed by atoms with E-state index >= 15 is 0 Å². The Bertz CT molecular complexity index is 1080. The largest absolute Gasteiger partial charge is 0.350 e. The van der Waals surface area contributed by atoms with Crippen LogP contribution in [0.3, 0.4) is 0 Å². The summed E-state index contributed by atoms with van der Waals surface area (Å²) in [5.41, 5.74) is 4.24.